The first-order valence-electron chi connectivity index (χ1n) is 9.59. The van der Waals surface area contributed by atoms with Gasteiger partial charge in [-0.05, 0) is 61.0 Å². The van der Waals surface area contributed by atoms with Crippen molar-refractivity contribution in [2.24, 2.45) is 0 Å². The van der Waals surface area contributed by atoms with Crippen LogP contribution in [0.1, 0.15) is 34.9 Å². The molecule has 1 aromatic carbocycles. The maximum absolute atomic E-state index is 13.0. The number of carbonyl (C=O) groups excluding carboxylic acids is 2. The second-order valence-electron chi connectivity index (χ2n) is 7.28. The van der Waals surface area contributed by atoms with E-state index in [1.54, 1.807) is 36.3 Å². The largest absolute Gasteiger partial charge is 0.507 e. The molecule has 1 N–H and O–H groups in total. The molecule has 2 unspecified atom stereocenters. The van der Waals surface area contributed by atoms with Gasteiger partial charge in [0.25, 0.3) is 11.7 Å². The van der Waals surface area contributed by atoms with Gasteiger partial charge in [-0.2, -0.15) is 0 Å². The number of ketones is 1. The quantitative estimate of drug-likeness (QED) is 0.460. The third kappa shape index (κ3) is 3.56. The van der Waals surface area contributed by atoms with Gasteiger partial charge < -0.3 is 19.5 Å². The SMILES string of the molecule is COc1ccc(/C(O)=C2\C(=O)C(=O)N(CC3CCCO3)C2c2sccc2C)cc1. The van der Waals surface area contributed by atoms with E-state index in [1.807, 2.05) is 18.4 Å². The zero-order valence-corrected chi connectivity index (χ0v) is 17.2. The van der Waals surface area contributed by atoms with Crippen LogP contribution in [0, 0.1) is 6.92 Å². The standard InChI is InChI=1S/C22H23NO5S/c1-13-9-11-29-21(13)18-17(19(24)14-5-7-15(27-2)8-6-14)20(25)22(26)23(18)12-16-4-3-10-28-16/h5-9,11,16,18,24H,3-4,10,12H2,1-2H3/b19-17+. The molecule has 29 heavy (non-hydrogen) atoms. The second kappa shape index (κ2) is 8.00. The lowest BCUT2D eigenvalue weighted by atomic mass is 9.98. The van der Waals surface area contributed by atoms with Crippen molar-refractivity contribution in [2.45, 2.75) is 31.9 Å². The molecule has 4 rings (SSSR count). The van der Waals surface area contributed by atoms with Crippen LogP contribution in [0.2, 0.25) is 0 Å². The Balaban J connectivity index is 1.80. The van der Waals surface area contributed by atoms with Crippen LogP contribution in [0.4, 0.5) is 0 Å². The van der Waals surface area contributed by atoms with Gasteiger partial charge in [0.05, 0.1) is 24.8 Å². The highest BCUT2D eigenvalue weighted by Gasteiger charge is 2.47. The summed E-state index contributed by atoms with van der Waals surface area (Å²) >= 11 is 1.48. The minimum atomic E-state index is -0.658. The van der Waals surface area contributed by atoms with Gasteiger partial charge in [-0.25, -0.2) is 0 Å². The van der Waals surface area contributed by atoms with Crippen molar-refractivity contribution >= 4 is 28.8 Å². The molecule has 7 heteroatoms. The highest BCUT2D eigenvalue weighted by Crippen LogP contribution is 2.43. The smallest absolute Gasteiger partial charge is 0.295 e. The number of likely N-dealkylation sites (tertiary alicyclic amines) is 1. The molecule has 0 radical (unpaired) electrons. The first-order chi connectivity index (χ1) is 14.0. The van der Waals surface area contributed by atoms with E-state index in [0.717, 1.165) is 23.3 Å². The van der Waals surface area contributed by atoms with Crippen molar-refractivity contribution in [1.82, 2.24) is 4.90 Å². The predicted molar refractivity (Wildman–Crippen MR) is 110 cm³/mol. The molecular formula is C22H23NO5S. The van der Waals surface area contributed by atoms with Crippen LogP contribution >= 0.6 is 11.3 Å². The number of aliphatic hydroxyl groups is 1. The second-order valence-corrected chi connectivity index (χ2v) is 8.23. The summed E-state index contributed by atoms with van der Waals surface area (Å²) in [4.78, 5) is 28.3. The van der Waals surface area contributed by atoms with Gasteiger partial charge >= 0.3 is 0 Å². The van der Waals surface area contributed by atoms with Gasteiger partial charge in [-0.1, -0.05) is 0 Å². The van der Waals surface area contributed by atoms with Crippen molar-refractivity contribution in [1.29, 1.82) is 0 Å². The Morgan fingerprint density at radius 1 is 1.28 bits per heavy atom. The third-order valence-electron chi connectivity index (χ3n) is 5.48. The average molecular weight is 413 g/mol. The van der Waals surface area contributed by atoms with Crippen molar-refractivity contribution < 1.29 is 24.2 Å². The molecule has 2 fully saturated rings. The Labute approximate surface area is 173 Å². The number of aryl methyl sites for hydroxylation is 1. The topological polar surface area (TPSA) is 76.1 Å². The van der Waals surface area contributed by atoms with E-state index in [-0.39, 0.29) is 17.4 Å². The summed E-state index contributed by atoms with van der Waals surface area (Å²) < 4.78 is 10.9. The number of benzene rings is 1. The van der Waals surface area contributed by atoms with Gasteiger partial charge in [-0.15, -0.1) is 11.3 Å². The molecule has 0 spiro atoms. The summed E-state index contributed by atoms with van der Waals surface area (Å²) in [5.41, 5.74) is 1.59. The Hall–Kier alpha value is -2.64. The minimum Gasteiger partial charge on any atom is -0.507 e. The van der Waals surface area contributed by atoms with E-state index in [4.69, 9.17) is 9.47 Å². The Bertz CT molecular complexity index is 956. The predicted octanol–water partition coefficient (Wildman–Crippen LogP) is 3.67. The van der Waals surface area contributed by atoms with Crippen LogP contribution in [-0.2, 0) is 14.3 Å². The molecule has 2 aliphatic rings. The van der Waals surface area contributed by atoms with E-state index in [9.17, 15) is 14.7 Å². The highest BCUT2D eigenvalue weighted by molar-refractivity contribution is 7.10. The fourth-order valence-corrected chi connectivity index (χ4v) is 4.96. The molecule has 2 aliphatic heterocycles. The Morgan fingerprint density at radius 2 is 2.03 bits per heavy atom. The first-order valence-corrected chi connectivity index (χ1v) is 10.5. The molecule has 2 atom stereocenters. The van der Waals surface area contributed by atoms with Gasteiger partial charge in [-0.3, -0.25) is 9.59 Å². The molecular weight excluding hydrogens is 390 g/mol. The van der Waals surface area contributed by atoms with Crippen LogP contribution in [0.25, 0.3) is 5.76 Å². The summed E-state index contributed by atoms with van der Waals surface area (Å²) in [6, 6.07) is 8.13. The lowest BCUT2D eigenvalue weighted by molar-refractivity contribution is -0.140. The van der Waals surface area contributed by atoms with Crippen molar-refractivity contribution in [2.75, 3.05) is 20.3 Å². The zero-order chi connectivity index (χ0) is 20.5. The molecule has 0 aliphatic carbocycles. The van der Waals surface area contributed by atoms with Gasteiger partial charge in [0, 0.05) is 23.6 Å². The van der Waals surface area contributed by atoms with Crippen LogP contribution in [-0.4, -0.2) is 48.1 Å². The van der Waals surface area contributed by atoms with Crippen LogP contribution < -0.4 is 4.74 Å². The molecule has 3 heterocycles. The summed E-state index contributed by atoms with van der Waals surface area (Å²) in [5, 5.41) is 13.0. The fraction of sp³-hybridized carbons (Fsp3) is 0.364. The molecule has 0 saturated carbocycles. The molecule has 0 bridgehead atoms. The number of thiophene rings is 1. The number of carbonyl (C=O) groups is 2. The third-order valence-corrected chi connectivity index (χ3v) is 6.55. The van der Waals surface area contributed by atoms with E-state index in [2.05, 4.69) is 0 Å². The lowest BCUT2D eigenvalue weighted by Crippen LogP contribution is -2.36. The number of hydrogen-bond donors (Lipinski definition) is 1. The van der Waals surface area contributed by atoms with Crippen molar-refractivity contribution in [3.8, 4) is 5.75 Å². The van der Waals surface area contributed by atoms with E-state index < -0.39 is 17.7 Å². The van der Waals surface area contributed by atoms with Gasteiger partial charge in [0.15, 0.2) is 0 Å². The number of ether oxygens (including phenoxy) is 2. The molecule has 1 aromatic heterocycles. The van der Waals surface area contributed by atoms with Crippen molar-refractivity contribution in [3.05, 3.63) is 57.3 Å². The summed E-state index contributed by atoms with van der Waals surface area (Å²) in [6.45, 7) is 2.96. The number of methoxy groups -OCH3 is 1. The van der Waals surface area contributed by atoms with Crippen LogP contribution in [0.3, 0.4) is 0 Å². The molecule has 1 amide bonds. The molecule has 6 nitrogen and oxygen atoms in total. The number of Topliss-reactive ketones (excluding diaryl/α,β-unsaturated/α-hetero) is 1. The van der Waals surface area contributed by atoms with Gasteiger partial charge in [0.2, 0.25) is 0 Å². The number of nitrogens with zero attached hydrogens (tertiary/aromatic N) is 1. The van der Waals surface area contributed by atoms with E-state index in [1.165, 1.54) is 11.3 Å². The first kappa shape index (κ1) is 19.7. The molecule has 2 aromatic rings. The maximum Gasteiger partial charge on any atom is 0.295 e. The van der Waals surface area contributed by atoms with Gasteiger partial charge in [0.1, 0.15) is 11.5 Å². The average Bonchev–Trinajstić information content (AvgIpc) is 3.45. The fourth-order valence-electron chi connectivity index (χ4n) is 3.92. The van der Waals surface area contributed by atoms with Crippen LogP contribution in [0.5, 0.6) is 5.75 Å². The minimum absolute atomic E-state index is 0.0861. The lowest BCUT2D eigenvalue weighted by Gasteiger charge is -2.27. The summed E-state index contributed by atoms with van der Waals surface area (Å²) in [7, 11) is 1.56. The Kier molecular flexibility index (Phi) is 5.43. The van der Waals surface area contributed by atoms with Crippen LogP contribution in [0.15, 0.2) is 41.3 Å². The summed E-state index contributed by atoms with van der Waals surface area (Å²) in [6.07, 6.45) is 1.72. The number of aliphatic hydroxyl groups excluding tert-OH is 1. The molecule has 2 saturated heterocycles. The zero-order valence-electron chi connectivity index (χ0n) is 16.4. The number of amides is 1. The molecule has 152 valence electrons. The summed E-state index contributed by atoms with van der Waals surface area (Å²) in [5.74, 6) is -0.771. The van der Waals surface area contributed by atoms with E-state index in [0.29, 0.717) is 24.5 Å². The number of hydrogen-bond acceptors (Lipinski definition) is 6. The van der Waals surface area contributed by atoms with Crippen molar-refractivity contribution in [3.63, 3.8) is 0 Å². The number of rotatable bonds is 5. The Morgan fingerprint density at radius 3 is 2.62 bits per heavy atom. The maximum atomic E-state index is 13.0. The highest BCUT2D eigenvalue weighted by atomic mass is 32.1. The van der Waals surface area contributed by atoms with E-state index >= 15 is 0 Å². The normalized spacial score (nSPS) is 23.7. The monoisotopic (exact) mass is 413 g/mol.